The average Bonchev–Trinajstić information content (AvgIpc) is 2.10. The van der Waals surface area contributed by atoms with E-state index in [9.17, 15) is 0 Å². The summed E-state index contributed by atoms with van der Waals surface area (Å²) in [5, 5.41) is 0. The highest BCUT2D eigenvalue weighted by Crippen LogP contribution is 2.23. The van der Waals surface area contributed by atoms with Crippen LogP contribution in [0.15, 0.2) is 29.3 Å². The fourth-order valence-corrected chi connectivity index (χ4v) is 1.34. The Morgan fingerprint density at radius 2 is 2.14 bits per heavy atom. The lowest BCUT2D eigenvalue weighted by Gasteiger charge is -2.04. The summed E-state index contributed by atoms with van der Waals surface area (Å²) in [7, 11) is 0. The van der Waals surface area contributed by atoms with Gasteiger partial charge in [-0.05, 0) is 32.4 Å². The van der Waals surface area contributed by atoms with Gasteiger partial charge in [-0.3, -0.25) is 0 Å². The van der Waals surface area contributed by atoms with Crippen molar-refractivity contribution in [2.45, 2.75) is 20.8 Å². The van der Waals surface area contributed by atoms with Crippen molar-refractivity contribution >= 4 is 17.6 Å². The van der Waals surface area contributed by atoms with Crippen LogP contribution in [0, 0.1) is 6.92 Å². The summed E-state index contributed by atoms with van der Waals surface area (Å²) >= 11 is 0. The third-order valence-corrected chi connectivity index (χ3v) is 1.93. The molecule has 0 aliphatic carbocycles. The first kappa shape index (κ1) is 10.5. The number of hydrogen-bond acceptors (Lipinski definition) is 1. The highest BCUT2D eigenvalue weighted by Gasteiger charge is 2.00. The standard InChI is InChI=1S/C12H16N2/c1-4-6-11-9(2)7-5-8-12(11)14-10(3)13/h4-8H,1-3H3,(H2,13,14)/b6-4-. The molecule has 74 valence electrons. The summed E-state index contributed by atoms with van der Waals surface area (Å²) in [4.78, 5) is 4.28. The van der Waals surface area contributed by atoms with Gasteiger partial charge in [-0.25, -0.2) is 4.99 Å². The van der Waals surface area contributed by atoms with Gasteiger partial charge in [-0.1, -0.05) is 24.3 Å². The van der Waals surface area contributed by atoms with E-state index in [1.54, 1.807) is 6.92 Å². The van der Waals surface area contributed by atoms with Crippen molar-refractivity contribution in [3.8, 4) is 0 Å². The Bertz CT molecular complexity index is 372. The average molecular weight is 188 g/mol. The van der Waals surface area contributed by atoms with Gasteiger partial charge < -0.3 is 5.73 Å². The molecule has 0 atom stereocenters. The van der Waals surface area contributed by atoms with Crippen LogP contribution in [-0.2, 0) is 0 Å². The molecule has 2 heteroatoms. The summed E-state index contributed by atoms with van der Waals surface area (Å²) in [5.74, 6) is 0.585. The Hall–Kier alpha value is -1.57. The second-order valence-electron chi connectivity index (χ2n) is 3.26. The zero-order chi connectivity index (χ0) is 10.6. The maximum atomic E-state index is 5.57. The minimum atomic E-state index is 0.585. The number of aliphatic imine (C=N–C) groups is 1. The smallest absolute Gasteiger partial charge is 0.0965 e. The molecule has 2 N–H and O–H groups in total. The van der Waals surface area contributed by atoms with E-state index in [0.717, 1.165) is 11.3 Å². The molecule has 0 spiro atoms. The maximum Gasteiger partial charge on any atom is 0.0965 e. The lowest BCUT2D eigenvalue weighted by molar-refractivity contribution is 1.38. The number of allylic oxidation sites excluding steroid dienone is 1. The number of aryl methyl sites for hydroxylation is 1. The highest BCUT2D eigenvalue weighted by atomic mass is 14.8. The fourth-order valence-electron chi connectivity index (χ4n) is 1.34. The van der Waals surface area contributed by atoms with E-state index >= 15 is 0 Å². The van der Waals surface area contributed by atoms with E-state index in [-0.39, 0.29) is 0 Å². The van der Waals surface area contributed by atoms with Crippen molar-refractivity contribution in [2.75, 3.05) is 0 Å². The molecule has 0 amide bonds. The van der Waals surface area contributed by atoms with Gasteiger partial charge in [0.2, 0.25) is 0 Å². The molecule has 1 aromatic rings. The first-order valence-electron chi connectivity index (χ1n) is 4.68. The van der Waals surface area contributed by atoms with E-state index in [4.69, 9.17) is 5.73 Å². The third-order valence-electron chi connectivity index (χ3n) is 1.93. The van der Waals surface area contributed by atoms with E-state index in [2.05, 4.69) is 24.1 Å². The van der Waals surface area contributed by atoms with E-state index < -0.39 is 0 Å². The monoisotopic (exact) mass is 188 g/mol. The van der Waals surface area contributed by atoms with Crippen LogP contribution >= 0.6 is 0 Å². The molecule has 0 saturated carbocycles. The van der Waals surface area contributed by atoms with Crippen molar-refractivity contribution in [2.24, 2.45) is 10.7 Å². The lowest BCUT2D eigenvalue weighted by Crippen LogP contribution is -2.04. The number of benzene rings is 1. The molecule has 0 fully saturated rings. The zero-order valence-corrected chi connectivity index (χ0v) is 8.91. The molecule has 0 aromatic heterocycles. The molecule has 0 unspecified atom stereocenters. The predicted octanol–water partition coefficient (Wildman–Crippen LogP) is 3.04. The van der Waals surface area contributed by atoms with Gasteiger partial charge in [0.25, 0.3) is 0 Å². The molecule has 0 bridgehead atoms. The Balaban J connectivity index is 3.28. The molecule has 0 aliphatic rings. The number of nitrogens with two attached hydrogens (primary N) is 1. The van der Waals surface area contributed by atoms with Crippen LogP contribution in [0.5, 0.6) is 0 Å². The Kier molecular flexibility index (Phi) is 3.46. The molecule has 0 saturated heterocycles. The maximum absolute atomic E-state index is 5.57. The molecule has 0 aliphatic heterocycles. The summed E-state index contributed by atoms with van der Waals surface area (Å²) in [6, 6.07) is 6.03. The third kappa shape index (κ3) is 2.46. The van der Waals surface area contributed by atoms with Crippen LogP contribution in [0.2, 0.25) is 0 Å². The van der Waals surface area contributed by atoms with Crippen LogP contribution in [0.4, 0.5) is 5.69 Å². The molecule has 0 radical (unpaired) electrons. The van der Waals surface area contributed by atoms with Gasteiger partial charge in [-0.15, -0.1) is 0 Å². The number of rotatable bonds is 2. The summed E-state index contributed by atoms with van der Waals surface area (Å²) in [6.45, 7) is 5.86. The largest absolute Gasteiger partial charge is 0.387 e. The van der Waals surface area contributed by atoms with Crippen molar-refractivity contribution in [3.63, 3.8) is 0 Å². The van der Waals surface area contributed by atoms with Gasteiger partial charge in [0, 0.05) is 5.56 Å². The van der Waals surface area contributed by atoms with Crippen molar-refractivity contribution in [1.29, 1.82) is 0 Å². The highest BCUT2D eigenvalue weighted by molar-refractivity contribution is 5.82. The van der Waals surface area contributed by atoms with Crippen molar-refractivity contribution in [3.05, 3.63) is 35.4 Å². The second kappa shape index (κ2) is 4.61. The molecule has 14 heavy (non-hydrogen) atoms. The normalized spacial score (nSPS) is 12.4. The van der Waals surface area contributed by atoms with Gasteiger partial charge in [-0.2, -0.15) is 0 Å². The quantitative estimate of drug-likeness (QED) is 0.562. The molecule has 1 aromatic carbocycles. The number of amidine groups is 1. The first-order valence-corrected chi connectivity index (χ1v) is 4.68. The second-order valence-corrected chi connectivity index (χ2v) is 3.26. The first-order chi connectivity index (χ1) is 6.65. The minimum Gasteiger partial charge on any atom is -0.387 e. The van der Waals surface area contributed by atoms with Crippen LogP contribution in [0.25, 0.3) is 6.08 Å². The number of hydrogen-bond donors (Lipinski definition) is 1. The number of nitrogens with zero attached hydrogens (tertiary/aromatic N) is 1. The van der Waals surface area contributed by atoms with Crippen LogP contribution in [-0.4, -0.2) is 5.84 Å². The fraction of sp³-hybridized carbons (Fsp3) is 0.250. The molecular weight excluding hydrogens is 172 g/mol. The zero-order valence-electron chi connectivity index (χ0n) is 8.91. The molecule has 1 rings (SSSR count). The van der Waals surface area contributed by atoms with Crippen molar-refractivity contribution in [1.82, 2.24) is 0 Å². The van der Waals surface area contributed by atoms with Crippen molar-refractivity contribution < 1.29 is 0 Å². The van der Waals surface area contributed by atoms with E-state index in [1.807, 2.05) is 25.1 Å². The van der Waals surface area contributed by atoms with Gasteiger partial charge in [0.1, 0.15) is 0 Å². The summed E-state index contributed by atoms with van der Waals surface area (Å²) in [5.41, 5.74) is 8.85. The van der Waals surface area contributed by atoms with Crippen LogP contribution < -0.4 is 5.73 Å². The predicted molar refractivity (Wildman–Crippen MR) is 62.8 cm³/mol. The minimum absolute atomic E-state index is 0.585. The van der Waals surface area contributed by atoms with Crippen LogP contribution in [0.3, 0.4) is 0 Å². The SMILES string of the molecule is C/C=C\c1c(C)cccc1N=C(C)N. The topological polar surface area (TPSA) is 38.4 Å². The van der Waals surface area contributed by atoms with E-state index in [0.29, 0.717) is 5.84 Å². The summed E-state index contributed by atoms with van der Waals surface area (Å²) < 4.78 is 0. The van der Waals surface area contributed by atoms with E-state index in [1.165, 1.54) is 5.56 Å². The van der Waals surface area contributed by atoms with Crippen LogP contribution in [0.1, 0.15) is 25.0 Å². The van der Waals surface area contributed by atoms with Gasteiger partial charge >= 0.3 is 0 Å². The van der Waals surface area contributed by atoms with Gasteiger partial charge in [0.05, 0.1) is 11.5 Å². The Labute approximate surface area is 85.2 Å². The summed E-state index contributed by atoms with van der Waals surface area (Å²) in [6.07, 6.45) is 4.06. The molecule has 0 heterocycles. The Morgan fingerprint density at radius 1 is 1.43 bits per heavy atom. The lowest BCUT2D eigenvalue weighted by atomic mass is 10.1. The molecule has 2 nitrogen and oxygen atoms in total. The molecular formula is C12H16N2. The Morgan fingerprint density at radius 3 is 2.71 bits per heavy atom. The van der Waals surface area contributed by atoms with Gasteiger partial charge in [0.15, 0.2) is 0 Å².